The molecule has 0 fully saturated rings. The third-order valence-electron chi connectivity index (χ3n) is 2.09. The lowest BCUT2D eigenvalue weighted by atomic mass is 10.1. The number of aliphatic hydroxyl groups excluding tert-OH is 1. The highest BCUT2D eigenvalue weighted by atomic mass is 16.2. The molecule has 1 aliphatic heterocycles. The summed E-state index contributed by atoms with van der Waals surface area (Å²) in [6, 6.07) is 8.25. The van der Waals surface area contributed by atoms with Gasteiger partial charge in [-0.3, -0.25) is 0 Å². The lowest BCUT2D eigenvalue weighted by Gasteiger charge is -2.17. The van der Waals surface area contributed by atoms with Crippen molar-refractivity contribution in [3.63, 3.8) is 0 Å². The van der Waals surface area contributed by atoms with E-state index in [1.54, 1.807) is 6.92 Å². The summed E-state index contributed by atoms with van der Waals surface area (Å²) in [7, 11) is 0. The Kier molecular flexibility index (Phi) is 8.74. The normalized spacial score (nSPS) is 11.6. The first-order valence-electron chi connectivity index (χ1n) is 5.65. The Labute approximate surface area is 104 Å². The fourth-order valence-electron chi connectivity index (χ4n) is 1.39. The van der Waals surface area contributed by atoms with Crippen LogP contribution in [0.5, 0.6) is 0 Å². The van der Waals surface area contributed by atoms with Crippen molar-refractivity contribution in [3.8, 4) is 0 Å². The van der Waals surface area contributed by atoms with E-state index in [9.17, 15) is 0 Å². The van der Waals surface area contributed by atoms with Crippen LogP contribution in [0.2, 0.25) is 0 Å². The van der Waals surface area contributed by atoms with Crippen molar-refractivity contribution in [2.75, 3.05) is 25.0 Å². The molecule has 0 unspecified atom stereocenters. The lowest BCUT2D eigenvalue weighted by Crippen LogP contribution is -2.16. The first-order chi connectivity index (χ1) is 8.31. The Hall–Kier alpha value is -1.58. The number of anilines is 1. The van der Waals surface area contributed by atoms with Gasteiger partial charge in [0.05, 0.1) is 0 Å². The molecular weight excluding hydrogens is 212 g/mol. The van der Waals surface area contributed by atoms with Crippen molar-refractivity contribution >= 4 is 11.8 Å². The Morgan fingerprint density at radius 1 is 1.35 bits per heavy atom. The molecule has 4 N–H and O–H groups in total. The van der Waals surface area contributed by atoms with E-state index in [-0.39, 0.29) is 6.61 Å². The first-order valence-corrected chi connectivity index (χ1v) is 5.65. The molecule has 1 aromatic carbocycles. The van der Waals surface area contributed by atoms with Gasteiger partial charge in [-0.1, -0.05) is 24.3 Å². The standard InChI is InChI=1S/C10H12N2.C2H6O.C2H4/c11-6-8-5-9-3-1-2-4-10(9)12-7-8;1-2-3;1-2/h1-5,12H,6-7,11H2;3H,2H2,1H3;1-2H2. The highest BCUT2D eigenvalue weighted by Gasteiger charge is 2.06. The van der Waals surface area contributed by atoms with Crippen LogP contribution in [-0.2, 0) is 0 Å². The number of nitrogens with one attached hydrogen (secondary N) is 1. The van der Waals surface area contributed by atoms with Crippen LogP contribution in [-0.4, -0.2) is 24.8 Å². The van der Waals surface area contributed by atoms with Gasteiger partial charge in [0.25, 0.3) is 0 Å². The summed E-state index contributed by atoms with van der Waals surface area (Å²) in [5, 5.41) is 10.9. The quantitative estimate of drug-likeness (QED) is 0.653. The molecular formula is C14H22N2O. The van der Waals surface area contributed by atoms with Crippen LogP contribution in [0.1, 0.15) is 12.5 Å². The maximum Gasteiger partial charge on any atom is 0.0416 e. The molecule has 0 saturated carbocycles. The molecule has 94 valence electrons. The average Bonchev–Trinajstić information content (AvgIpc) is 2.41. The van der Waals surface area contributed by atoms with Gasteiger partial charge in [0.15, 0.2) is 0 Å². The molecule has 0 spiro atoms. The van der Waals surface area contributed by atoms with E-state index in [2.05, 4.69) is 36.7 Å². The molecule has 3 heteroatoms. The molecule has 17 heavy (non-hydrogen) atoms. The van der Waals surface area contributed by atoms with Crippen molar-refractivity contribution in [2.24, 2.45) is 5.73 Å². The maximum absolute atomic E-state index is 7.57. The first kappa shape index (κ1) is 15.4. The molecule has 0 aliphatic carbocycles. The van der Waals surface area contributed by atoms with Crippen molar-refractivity contribution < 1.29 is 5.11 Å². The largest absolute Gasteiger partial charge is 0.397 e. The van der Waals surface area contributed by atoms with E-state index in [1.807, 2.05) is 12.1 Å². The highest BCUT2D eigenvalue weighted by Crippen LogP contribution is 2.22. The van der Waals surface area contributed by atoms with Crippen LogP contribution in [0.4, 0.5) is 5.69 Å². The van der Waals surface area contributed by atoms with Crippen LogP contribution in [0, 0.1) is 0 Å². The number of nitrogens with two attached hydrogens (primary N) is 1. The molecule has 1 aliphatic rings. The molecule has 1 aromatic rings. The number of aliphatic hydroxyl groups is 1. The second-order valence-corrected chi connectivity index (χ2v) is 3.26. The van der Waals surface area contributed by atoms with Crippen LogP contribution >= 0.6 is 0 Å². The Balaban J connectivity index is 0.000000450. The number of fused-ring (bicyclic) bond motifs is 1. The summed E-state index contributed by atoms with van der Waals surface area (Å²) >= 11 is 0. The molecule has 0 saturated heterocycles. The fourth-order valence-corrected chi connectivity index (χ4v) is 1.39. The molecule has 0 bridgehead atoms. The smallest absolute Gasteiger partial charge is 0.0416 e. The van der Waals surface area contributed by atoms with Crippen molar-refractivity contribution in [1.82, 2.24) is 0 Å². The number of rotatable bonds is 1. The van der Waals surface area contributed by atoms with Gasteiger partial charge in [0.2, 0.25) is 0 Å². The maximum atomic E-state index is 7.57. The third-order valence-corrected chi connectivity index (χ3v) is 2.09. The van der Waals surface area contributed by atoms with Gasteiger partial charge in [-0.15, -0.1) is 13.2 Å². The molecule has 3 nitrogen and oxygen atoms in total. The summed E-state index contributed by atoms with van der Waals surface area (Å²) in [4.78, 5) is 0. The zero-order valence-electron chi connectivity index (χ0n) is 10.4. The van der Waals surface area contributed by atoms with Crippen LogP contribution < -0.4 is 11.1 Å². The minimum absolute atomic E-state index is 0.250. The summed E-state index contributed by atoms with van der Waals surface area (Å²) in [5.41, 5.74) is 9.25. The van der Waals surface area contributed by atoms with Crippen molar-refractivity contribution in [1.29, 1.82) is 0 Å². The zero-order valence-corrected chi connectivity index (χ0v) is 10.4. The van der Waals surface area contributed by atoms with E-state index >= 15 is 0 Å². The molecule has 0 atom stereocenters. The van der Waals surface area contributed by atoms with Crippen LogP contribution in [0.15, 0.2) is 43.0 Å². The van der Waals surface area contributed by atoms with Gasteiger partial charge in [-0.25, -0.2) is 0 Å². The Bertz CT molecular complexity index is 348. The number of hydrogen-bond donors (Lipinski definition) is 3. The summed E-state index contributed by atoms with van der Waals surface area (Å²) in [6.07, 6.45) is 2.16. The topological polar surface area (TPSA) is 58.3 Å². The molecule has 0 aromatic heterocycles. The van der Waals surface area contributed by atoms with E-state index in [0.717, 1.165) is 6.54 Å². The second-order valence-electron chi connectivity index (χ2n) is 3.26. The second kappa shape index (κ2) is 9.63. The zero-order chi connectivity index (χ0) is 13.1. The number of para-hydroxylation sites is 1. The van der Waals surface area contributed by atoms with Crippen molar-refractivity contribution in [3.05, 3.63) is 48.6 Å². The highest BCUT2D eigenvalue weighted by molar-refractivity contribution is 5.72. The average molecular weight is 234 g/mol. The molecule has 2 rings (SSSR count). The minimum Gasteiger partial charge on any atom is -0.397 e. The lowest BCUT2D eigenvalue weighted by molar-refractivity contribution is 0.318. The van der Waals surface area contributed by atoms with Gasteiger partial charge in [0, 0.05) is 25.4 Å². The predicted molar refractivity (Wildman–Crippen MR) is 76.0 cm³/mol. The van der Waals surface area contributed by atoms with Gasteiger partial charge >= 0.3 is 0 Å². The number of benzene rings is 1. The van der Waals surface area contributed by atoms with E-state index in [4.69, 9.17) is 10.8 Å². The van der Waals surface area contributed by atoms with Crippen LogP contribution in [0.3, 0.4) is 0 Å². The Morgan fingerprint density at radius 2 is 1.94 bits per heavy atom. The third kappa shape index (κ3) is 5.33. The van der Waals surface area contributed by atoms with E-state index in [0.29, 0.717) is 6.54 Å². The Morgan fingerprint density at radius 3 is 2.53 bits per heavy atom. The van der Waals surface area contributed by atoms with Crippen molar-refractivity contribution in [2.45, 2.75) is 6.92 Å². The predicted octanol–water partition coefficient (Wildman–Crippen LogP) is 2.25. The molecule has 0 radical (unpaired) electrons. The summed E-state index contributed by atoms with van der Waals surface area (Å²) in [6.45, 7) is 9.45. The van der Waals surface area contributed by atoms with Gasteiger partial charge < -0.3 is 16.2 Å². The molecule has 0 amide bonds. The fraction of sp³-hybridized carbons (Fsp3) is 0.286. The van der Waals surface area contributed by atoms with E-state index in [1.165, 1.54) is 16.8 Å². The summed E-state index contributed by atoms with van der Waals surface area (Å²) < 4.78 is 0. The number of hydrogen-bond acceptors (Lipinski definition) is 3. The van der Waals surface area contributed by atoms with E-state index < -0.39 is 0 Å². The molecule has 1 heterocycles. The monoisotopic (exact) mass is 234 g/mol. The van der Waals surface area contributed by atoms with Crippen LogP contribution in [0.25, 0.3) is 6.08 Å². The van der Waals surface area contributed by atoms with Gasteiger partial charge in [-0.05, 0) is 24.1 Å². The minimum atomic E-state index is 0.250. The van der Waals surface area contributed by atoms with Gasteiger partial charge in [0.1, 0.15) is 0 Å². The van der Waals surface area contributed by atoms with Gasteiger partial charge in [-0.2, -0.15) is 0 Å². The summed E-state index contributed by atoms with van der Waals surface area (Å²) in [5.74, 6) is 0. The SMILES string of the molecule is C=C.CCO.NCC1=Cc2ccccc2NC1.